The summed E-state index contributed by atoms with van der Waals surface area (Å²) in [4.78, 5) is 19.4. The summed E-state index contributed by atoms with van der Waals surface area (Å²) >= 11 is 0. The number of carboxylic acids is 2. The second-order valence-electron chi connectivity index (χ2n) is 1.45. The first-order chi connectivity index (χ1) is 5.04. The van der Waals surface area contributed by atoms with E-state index < -0.39 is 24.5 Å². The molecule has 0 radical (unpaired) electrons. The molecule has 11 heavy (non-hydrogen) atoms. The number of carbonyl (C=O) groups is 2. The van der Waals surface area contributed by atoms with Gasteiger partial charge in [-0.3, -0.25) is 16.5 Å². The summed E-state index contributed by atoms with van der Waals surface area (Å²) in [7, 11) is 0. The number of aliphatic carboxylic acids is 2. The van der Waals surface area contributed by atoms with Crippen LogP contribution in [0, 0.1) is 0 Å². The Morgan fingerprint density at radius 1 is 1.27 bits per heavy atom. The predicted molar refractivity (Wildman–Crippen MR) is 34.3 cm³/mol. The molecule has 1 unspecified atom stereocenters. The molecule has 0 rings (SSSR count). The molecule has 0 aliphatic heterocycles. The number of carboxylic acid groups (broad SMARTS) is 2. The lowest BCUT2D eigenvalue weighted by molar-refractivity contribution is -0.152. The van der Waals surface area contributed by atoms with E-state index in [1.54, 1.807) is 0 Å². The third kappa shape index (κ3) is 8.82. The van der Waals surface area contributed by atoms with E-state index in [4.69, 9.17) is 15.3 Å². The second kappa shape index (κ2) is 6.93. The molecule has 0 saturated heterocycles. The lowest BCUT2D eigenvalue weighted by Crippen LogP contribution is -2.22. The van der Waals surface area contributed by atoms with Crippen molar-refractivity contribution in [1.82, 2.24) is 0 Å². The Balaban J connectivity index is 0. The van der Waals surface area contributed by atoms with Gasteiger partial charge in [0, 0.05) is 0 Å². The molecule has 1 atom stereocenters. The number of nitrogens with two attached hydrogens (primary N) is 2. The van der Waals surface area contributed by atoms with Crippen LogP contribution >= 0.6 is 0 Å². The molecule has 0 fully saturated rings. The van der Waals surface area contributed by atoms with Gasteiger partial charge in [-0.2, -0.15) is 0 Å². The van der Waals surface area contributed by atoms with Gasteiger partial charge in [0.15, 0.2) is 6.10 Å². The van der Waals surface area contributed by atoms with Crippen LogP contribution in [-0.4, -0.2) is 33.4 Å². The molecular weight excluding hydrogens is 156 g/mol. The van der Waals surface area contributed by atoms with Crippen molar-refractivity contribution >= 4 is 11.9 Å². The molecule has 0 aromatic rings. The number of hydrazine groups is 1. The van der Waals surface area contributed by atoms with Crippen molar-refractivity contribution in [2.24, 2.45) is 11.7 Å². The number of hydrogen-bond donors (Lipinski definition) is 5. The zero-order chi connectivity index (χ0) is 9.44. The van der Waals surface area contributed by atoms with Gasteiger partial charge in [0.05, 0.1) is 6.42 Å². The Hall–Kier alpha value is -1.18. The van der Waals surface area contributed by atoms with Gasteiger partial charge in [-0.25, -0.2) is 4.79 Å². The van der Waals surface area contributed by atoms with Gasteiger partial charge in [0.1, 0.15) is 0 Å². The smallest absolute Gasteiger partial charge is 0.333 e. The molecule has 0 aromatic carbocycles. The molecule has 0 heterocycles. The van der Waals surface area contributed by atoms with E-state index in [9.17, 15) is 9.59 Å². The lowest BCUT2D eigenvalue weighted by Gasteiger charge is -1.97. The van der Waals surface area contributed by atoms with E-state index in [-0.39, 0.29) is 0 Å². The summed E-state index contributed by atoms with van der Waals surface area (Å²) in [6.07, 6.45) is -2.54. The third-order valence-corrected chi connectivity index (χ3v) is 0.653. The maximum atomic E-state index is 9.72. The van der Waals surface area contributed by atoms with Crippen LogP contribution in [0.15, 0.2) is 0 Å². The van der Waals surface area contributed by atoms with E-state index in [1.807, 2.05) is 0 Å². The standard InChI is InChI=1S/C4H6O5.H4N2/c5-2(4(8)9)1-3(6)7;1-2/h2,5H,1H2,(H,6,7)(H,8,9);1-2H2. The van der Waals surface area contributed by atoms with Crippen LogP contribution in [0.3, 0.4) is 0 Å². The maximum absolute atomic E-state index is 9.72. The van der Waals surface area contributed by atoms with Crippen LogP contribution in [-0.2, 0) is 9.59 Å². The summed E-state index contributed by atoms with van der Waals surface area (Å²) in [6.45, 7) is 0. The fraction of sp³-hybridized carbons (Fsp3) is 0.500. The van der Waals surface area contributed by atoms with Crippen LogP contribution < -0.4 is 11.7 Å². The van der Waals surface area contributed by atoms with E-state index in [0.717, 1.165) is 0 Å². The maximum Gasteiger partial charge on any atom is 0.333 e. The minimum absolute atomic E-state index is 0.755. The largest absolute Gasteiger partial charge is 0.481 e. The van der Waals surface area contributed by atoms with Gasteiger partial charge in [-0.15, -0.1) is 0 Å². The van der Waals surface area contributed by atoms with E-state index in [0.29, 0.717) is 0 Å². The summed E-state index contributed by atoms with van der Waals surface area (Å²) in [6, 6.07) is 0. The first-order valence-electron chi connectivity index (χ1n) is 2.50. The van der Waals surface area contributed by atoms with Crippen molar-refractivity contribution in [3.05, 3.63) is 0 Å². The molecule has 66 valence electrons. The first-order valence-corrected chi connectivity index (χ1v) is 2.50. The summed E-state index contributed by atoms with van der Waals surface area (Å²) < 4.78 is 0. The minimum atomic E-state index is -1.79. The van der Waals surface area contributed by atoms with Gasteiger partial charge in [-0.1, -0.05) is 0 Å². The van der Waals surface area contributed by atoms with Crippen molar-refractivity contribution in [2.45, 2.75) is 12.5 Å². The highest BCUT2D eigenvalue weighted by molar-refractivity contribution is 5.79. The zero-order valence-corrected chi connectivity index (χ0v) is 5.60. The van der Waals surface area contributed by atoms with Gasteiger partial charge in [0.2, 0.25) is 0 Å². The highest BCUT2D eigenvalue weighted by Crippen LogP contribution is 1.89. The van der Waals surface area contributed by atoms with Crippen molar-refractivity contribution < 1.29 is 24.9 Å². The molecule has 0 bridgehead atoms. The molecular formula is C4H10N2O5. The fourth-order valence-corrected chi connectivity index (χ4v) is 0.253. The van der Waals surface area contributed by atoms with Crippen LogP contribution in [0.1, 0.15) is 6.42 Å². The molecule has 0 saturated carbocycles. The molecule has 7 heteroatoms. The fourth-order valence-electron chi connectivity index (χ4n) is 0.253. The number of rotatable bonds is 3. The summed E-state index contributed by atoms with van der Waals surface area (Å²) in [5, 5.41) is 24.1. The normalized spacial score (nSPS) is 10.8. The van der Waals surface area contributed by atoms with Crippen LogP contribution in [0.25, 0.3) is 0 Å². The molecule has 0 aliphatic carbocycles. The van der Waals surface area contributed by atoms with E-state index in [1.165, 1.54) is 0 Å². The Bertz CT molecular complexity index is 136. The van der Waals surface area contributed by atoms with Gasteiger partial charge in [0.25, 0.3) is 0 Å². The quantitative estimate of drug-likeness (QED) is 0.234. The predicted octanol–water partition coefficient (Wildman–Crippen LogP) is -2.27. The van der Waals surface area contributed by atoms with Crippen LogP contribution in [0.2, 0.25) is 0 Å². The monoisotopic (exact) mass is 166 g/mol. The third-order valence-electron chi connectivity index (χ3n) is 0.653. The second-order valence-corrected chi connectivity index (χ2v) is 1.45. The van der Waals surface area contributed by atoms with Crippen LogP contribution in [0.5, 0.6) is 0 Å². The van der Waals surface area contributed by atoms with Gasteiger partial charge < -0.3 is 15.3 Å². The molecule has 0 aliphatic rings. The Labute approximate surface area is 62.2 Å². The van der Waals surface area contributed by atoms with Gasteiger partial charge >= 0.3 is 11.9 Å². The van der Waals surface area contributed by atoms with Crippen molar-refractivity contribution in [2.75, 3.05) is 0 Å². The zero-order valence-electron chi connectivity index (χ0n) is 5.60. The summed E-state index contributed by atoms with van der Waals surface area (Å²) in [5.74, 6) is 5.15. The highest BCUT2D eigenvalue weighted by Gasteiger charge is 2.16. The molecule has 7 N–H and O–H groups in total. The Morgan fingerprint density at radius 2 is 1.64 bits per heavy atom. The molecule has 0 amide bonds. The van der Waals surface area contributed by atoms with Crippen LogP contribution in [0.4, 0.5) is 0 Å². The summed E-state index contributed by atoms with van der Waals surface area (Å²) in [5.41, 5.74) is 0. The average Bonchev–Trinajstić information content (AvgIpc) is 1.90. The number of aliphatic hydroxyl groups is 1. The molecule has 7 nitrogen and oxygen atoms in total. The van der Waals surface area contributed by atoms with Crippen molar-refractivity contribution in [1.29, 1.82) is 0 Å². The topological polar surface area (TPSA) is 147 Å². The van der Waals surface area contributed by atoms with Gasteiger partial charge in [-0.05, 0) is 0 Å². The first kappa shape index (κ1) is 12.5. The minimum Gasteiger partial charge on any atom is -0.481 e. The van der Waals surface area contributed by atoms with Crippen molar-refractivity contribution in [3.8, 4) is 0 Å². The Kier molecular flexibility index (Phi) is 7.87. The lowest BCUT2D eigenvalue weighted by atomic mass is 10.3. The molecule has 0 aromatic heterocycles. The number of hydrogen-bond acceptors (Lipinski definition) is 5. The van der Waals surface area contributed by atoms with E-state index in [2.05, 4.69) is 11.7 Å². The highest BCUT2D eigenvalue weighted by atomic mass is 16.4. The average molecular weight is 166 g/mol. The molecule has 0 spiro atoms. The van der Waals surface area contributed by atoms with Crippen molar-refractivity contribution in [3.63, 3.8) is 0 Å². The van der Waals surface area contributed by atoms with E-state index >= 15 is 0 Å². The number of aliphatic hydroxyl groups excluding tert-OH is 1. The Morgan fingerprint density at radius 3 is 1.73 bits per heavy atom. The SMILES string of the molecule is NN.O=C(O)CC(O)C(=O)O.